The largest absolute Gasteiger partial charge is 0.455 e. The zero-order valence-corrected chi connectivity index (χ0v) is 33.6. The van der Waals surface area contributed by atoms with E-state index >= 15 is 0 Å². The summed E-state index contributed by atoms with van der Waals surface area (Å²) in [5.74, 6) is 0. The van der Waals surface area contributed by atoms with Crippen LogP contribution >= 0.6 is 0 Å². The van der Waals surface area contributed by atoms with Crippen molar-refractivity contribution in [3.05, 3.63) is 246 Å². The maximum absolute atomic E-state index is 6.57. The molecule has 284 valence electrons. The van der Waals surface area contributed by atoms with Crippen molar-refractivity contribution >= 4 is 39.0 Å². The zero-order valence-electron chi connectivity index (χ0n) is 33.6. The van der Waals surface area contributed by atoms with E-state index in [1.165, 1.54) is 55.6 Å². The van der Waals surface area contributed by atoms with Gasteiger partial charge in [-0.2, -0.15) is 0 Å². The van der Waals surface area contributed by atoms with Gasteiger partial charge in [0.25, 0.3) is 0 Å². The third-order valence-corrected chi connectivity index (χ3v) is 13.6. The molecule has 1 heterocycles. The van der Waals surface area contributed by atoms with Crippen molar-refractivity contribution in [3.63, 3.8) is 0 Å². The Hall–Kier alpha value is -7.42. The number of benzene rings is 9. The Morgan fingerprint density at radius 2 is 0.817 bits per heavy atom. The van der Waals surface area contributed by atoms with Crippen LogP contribution in [-0.2, 0) is 10.8 Å². The summed E-state index contributed by atoms with van der Waals surface area (Å²) in [4.78, 5) is 2.45. The predicted octanol–water partition coefficient (Wildman–Crippen LogP) is 15.4. The Morgan fingerprint density at radius 1 is 0.350 bits per heavy atom. The third kappa shape index (κ3) is 4.88. The fourth-order valence-electron chi connectivity index (χ4n) is 10.7. The second kappa shape index (κ2) is 13.0. The van der Waals surface area contributed by atoms with Gasteiger partial charge in [-0.25, -0.2) is 0 Å². The lowest BCUT2D eigenvalue weighted by molar-refractivity contribution is 0.670. The summed E-state index contributed by atoms with van der Waals surface area (Å²) >= 11 is 0. The van der Waals surface area contributed by atoms with Gasteiger partial charge in [-0.3, -0.25) is 0 Å². The highest BCUT2D eigenvalue weighted by atomic mass is 16.3. The van der Waals surface area contributed by atoms with Crippen molar-refractivity contribution in [2.75, 3.05) is 4.90 Å². The number of rotatable bonds is 6. The normalized spacial score (nSPS) is 17.3. The first-order valence-corrected chi connectivity index (χ1v) is 20.9. The third-order valence-electron chi connectivity index (χ3n) is 13.6. The Kier molecular flexibility index (Phi) is 7.52. The molecule has 0 bridgehead atoms. The van der Waals surface area contributed by atoms with Gasteiger partial charge in [-0.15, -0.1) is 0 Å². The number of furan rings is 1. The second-order valence-corrected chi connectivity index (χ2v) is 16.7. The lowest BCUT2D eigenvalue weighted by Crippen LogP contribution is -2.22. The highest BCUT2D eigenvalue weighted by Crippen LogP contribution is 2.56. The minimum absolute atomic E-state index is 0.277. The smallest absolute Gasteiger partial charge is 0.143 e. The van der Waals surface area contributed by atoms with Crippen molar-refractivity contribution in [1.82, 2.24) is 0 Å². The summed E-state index contributed by atoms with van der Waals surface area (Å²) in [6.07, 6.45) is 0. The number of hydrogen-bond acceptors (Lipinski definition) is 2. The molecule has 0 spiro atoms. The molecule has 0 saturated heterocycles. The van der Waals surface area contributed by atoms with E-state index in [0.29, 0.717) is 0 Å². The lowest BCUT2D eigenvalue weighted by atomic mass is 9.74. The number of fused-ring (bicyclic) bond motifs is 9. The molecule has 10 aromatic rings. The summed E-state index contributed by atoms with van der Waals surface area (Å²) in [5.41, 5.74) is 19.8. The van der Waals surface area contributed by atoms with Crippen molar-refractivity contribution in [3.8, 4) is 33.4 Å². The molecule has 9 aromatic carbocycles. The van der Waals surface area contributed by atoms with Crippen LogP contribution in [0.25, 0.3) is 55.3 Å². The van der Waals surface area contributed by atoms with Gasteiger partial charge in [0.1, 0.15) is 11.2 Å². The first kappa shape index (κ1) is 34.6. The van der Waals surface area contributed by atoms with Gasteiger partial charge in [-0.05, 0) is 118 Å². The van der Waals surface area contributed by atoms with Crippen LogP contribution in [0.2, 0.25) is 0 Å². The van der Waals surface area contributed by atoms with E-state index in [9.17, 15) is 0 Å². The van der Waals surface area contributed by atoms with Crippen LogP contribution in [0, 0.1) is 0 Å². The molecule has 0 N–H and O–H groups in total. The van der Waals surface area contributed by atoms with Gasteiger partial charge in [-0.1, -0.05) is 170 Å². The second-order valence-electron chi connectivity index (χ2n) is 16.7. The average Bonchev–Trinajstić information content (AvgIpc) is 3.91. The van der Waals surface area contributed by atoms with E-state index in [-0.39, 0.29) is 10.8 Å². The fraction of sp³-hybridized carbons (Fsp3) is 0.0690. The van der Waals surface area contributed by atoms with Crippen molar-refractivity contribution in [1.29, 1.82) is 0 Å². The first-order valence-electron chi connectivity index (χ1n) is 20.9. The fourth-order valence-corrected chi connectivity index (χ4v) is 10.7. The predicted molar refractivity (Wildman–Crippen MR) is 249 cm³/mol. The Balaban J connectivity index is 1.08. The van der Waals surface area contributed by atoms with E-state index < -0.39 is 0 Å². The molecule has 2 heteroatoms. The molecular weight excluding hydrogens is 727 g/mol. The molecular formula is C58H41NO. The highest BCUT2D eigenvalue weighted by molar-refractivity contribution is 6.09. The maximum atomic E-state index is 6.57. The first-order chi connectivity index (χ1) is 29.5. The molecule has 2 nitrogen and oxygen atoms in total. The van der Waals surface area contributed by atoms with Crippen LogP contribution < -0.4 is 4.90 Å². The van der Waals surface area contributed by atoms with Gasteiger partial charge in [0.15, 0.2) is 0 Å². The molecule has 1 aromatic heterocycles. The van der Waals surface area contributed by atoms with Crippen LogP contribution in [0.4, 0.5) is 17.1 Å². The number of hydrogen-bond donors (Lipinski definition) is 0. The van der Waals surface area contributed by atoms with E-state index in [4.69, 9.17) is 4.42 Å². The monoisotopic (exact) mass is 767 g/mol. The van der Waals surface area contributed by atoms with Crippen LogP contribution in [-0.4, -0.2) is 0 Å². The molecule has 60 heavy (non-hydrogen) atoms. The summed E-state index contributed by atoms with van der Waals surface area (Å²) in [6, 6.07) is 77.9. The molecule has 0 aliphatic heterocycles. The molecule has 0 radical (unpaired) electrons. The van der Waals surface area contributed by atoms with Crippen molar-refractivity contribution in [2.45, 2.75) is 24.7 Å². The summed E-state index contributed by atoms with van der Waals surface area (Å²) in [5, 5.41) is 2.26. The SMILES string of the molecule is CC1(c2ccccc2)c2ccccc2-c2cc(N(c3cccc(-c4cccc5c4oc4ccccc45)c3)c3ccc4c(c3)-c3ccccc3C4(C)c3ccccc3)ccc21. The number of nitrogens with zero attached hydrogens (tertiary/aromatic N) is 1. The number of anilines is 3. The topological polar surface area (TPSA) is 16.4 Å². The lowest BCUT2D eigenvalue weighted by Gasteiger charge is -2.31. The van der Waals surface area contributed by atoms with E-state index in [1.54, 1.807) is 0 Å². The van der Waals surface area contributed by atoms with Gasteiger partial charge >= 0.3 is 0 Å². The minimum atomic E-state index is -0.277. The molecule has 2 aliphatic carbocycles. The molecule has 12 rings (SSSR count). The van der Waals surface area contributed by atoms with Gasteiger partial charge in [0, 0.05) is 44.2 Å². The molecule has 2 unspecified atom stereocenters. The quantitative estimate of drug-likeness (QED) is 0.168. The Labute approximate surface area is 350 Å². The van der Waals surface area contributed by atoms with Gasteiger partial charge < -0.3 is 9.32 Å². The summed E-state index contributed by atoms with van der Waals surface area (Å²) in [7, 11) is 0. The van der Waals surface area contributed by atoms with Crippen LogP contribution in [0.5, 0.6) is 0 Å². The van der Waals surface area contributed by atoms with Crippen LogP contribution in [0.15, 0.2) is 217 Å². The Bertz CT molecular complexity index is 3160. The highest BCUT2D eigenvalue weighted by Gasteiger charge is 2.42. The summed E-state index contributed by atoms with van der Waals surface area (Å²) in [6.45, 7) is 4.77. The van der Waals surface area contributed by atoms with Crippen LogP contribution in [0.1, 0.15) is 47.2 Å². The minimum Gasteiger partial charge on any atom is -0.455 e. The van der Waals surface area contributed by atoms with Gasteiger partial charge in [0.05, 0.1) is 0 Å². The van der Waals surface area contributed by atoms with Crippen LogP contribution in [0.3, 0.4) is 0 Å². The summed E-state index contributed by atoms with van der Waals surface area (Å²) < 4.78 is 6.57. The molecule has 0 saturated carbocycles. The standard InChI is InChI=1S/C58H41NO/c1-57(39-18-5-3-6-19-39)51-28-12-9-23-45(51)49-36-42(31-33-53(49)57)59(41-22-15-17-38(35-41)44-26-16-27-48-47-25-11-14-30-55(47)60-56(44)48)43-32-34-54-50(37-43)46-24-10-13-29-52(46)58(54,2)40-20-7-4-8-21-40/h3-37H,1-2H3. The zero-order chi connectivity index (χ0) is 40.0. The van der Waals surface area contributed by atoms with E-state index in [1.807, 2.05) is 6.07 Å². The molecule has 2 aliphatic rings. The van der Waals surface area contributed by atoms with Crippen molar-refractivity contribution in [2.24, 2.45) is 0 Å². The number of para-hydroxylation sites is 2. The molecule has 0 fully saturated rings. The maximum Gasteiger partial charge on any atom is 0.143 e. The Morgan fingerprint density at radius 3 is 1.43 bits per heavy atom. The molecule has 0 amide bonds. The van der Waals surface area contributed by atoms with Crippen molar-refractivity contribution < 1.29 is 4.42 Å². The van der Waals surface area contributed by atoms with Gasteiger partial charge in [0.2, 0.25) is 0 Å². The average molecular weight is 768 g/mol. The van der Waals surface area contributed by atoms with E-state index in [2.05, 4.69) is 225 Å². The van der Waals surface area contributed by atoms with E-state index in [0.717, 1.165) is 50.1 Å². The molecule has 2 atom stereocenters.